The van der Waals surface area contributed by atoms with Crippen molar-refractivity contribution in [2.24, 2.45) is 0 Å². The lowest BCUT2D eigenvalue weighted by Gasteiger charge is -2.15. The monoisotopic (exact) mass is 395 g/mol. The van der Waals surface area contributed by atoms with Gasteiger partial charge in [-0.25, -0.2) is 4.79 Å². The molecule has 1 aliphatic heterocycles. The van der Waals surface area contributed by atoms with Gasteiger partial charge < -0.3 is 15.8 Å². The lowest BCUT2D eigenvalue weighted by atomic mass is 10.1. The van der Waals surface area contributed by atoms with Crippen molar-refractivity contribution in [3.8, 4) is 0 Å². The first-order chi connectivity index (χ1) is 13.3. The van der Waals surface area contributed by atoms with Gasteiger partial charge in [0.1, 0.15) is 6.04 Å². The van der Waals surface area contributed by atoms with Crippen LogP contribution < -0.4 is 21.7 Å². The Morgan fingerprint density at radius 3 is 2.36 bits per heavy atom. The molecule has 0 bridgehead atoms. The minimum atomic E-state index is -1.23. The number of hydrogen-bond acceptors (Lipinski definition) is 7. The highest BCUT2D eigenvalue weighted by molar-refractivity contribution is 6.12. The lowest BCUT2D eigenvalue weighted by molar-refractivity contribution is -0.142. The summed E-state index contributed by atoms with van der Waals surface area (Å²) in [6, 6.07) is -1.17. The standard InChI is InChI=1S/C17H25N5O6/c1-2-18-21-20-14(24)8-7-12(17(27)28)19-13(23)6-4-3-5-11-22-15(25)9-10-16(22)26/h2,9-10,12,18,21H,1,3-8,11H2,(H,19,23)(H,20,24)(H,27,28). The molecular weight excluding hydrogens is 370 g/mol. The van der Waals surface area contributed by atoms with Crippen LogP contribution in [-0.2, 0) is 24.0 Å². The molecule has 1 rings (SSSR count). The summed E-state index contributed by atoms with van der Waals surface area (Å²) in [6.45, 7) is 3.65. The van der Waals surface area contributed by atoms with Gasteiger partial charge in [-0.15, -0.1) is 5.53 Å². The number of hydrogen-bond donors (Lipinski definition) is 5. The molecule has 0 fully saturated rings. The number of nitrogens with zero attached hydrogens (tertiary/aromatic N) is 1. The molecule has 0 aromatic heterocycles. The van der Waals surface area contributed by atoms with Gasteiger partial charge >= 0.3 is 5.97 Å². The molecule has 28 heavy (non-hydrogen) atoms. The van der Waals surface area contributed by atoms with Gasteiger partial charge in [0, 0.05) is 37.7 Å². The fourth-order valence-electron chi connectivity index (χ4n) is 2.40. The molecular formula is C17H25N5O6. The molecule has 0 aromatic rings. The predicted octanol–water partition coefficient (Wildman–Crippen LogP) is -0.910. The molecule has 1 heterocycles. The third-order valence-corrected chi connectivity index (χ3v) is 3.86. The molecule has 0 radical (unpaired) electrons. The number of nitrogens with one attached hydrogen (secondary N) is 4. The first-order valence-electron chi connectivity index (χ1n) is 8.81. The highest BCUT2D eigenvalue weighted by Crippen LogP contribution is 2.08. The van der Waals surface area contributed by atoms with E-state index >= 15 is 0 Å². The third kappa shape index (κ3) is 8.45. The summed E-state index contributed by atoms with van der Waals surface area (Å²) in [5.74, 6) is -2.79. The minimum Gasteiger partial charge on any atom is -0.480 e. The van der Waals surface area contributed by atoms with Gasteiger partial charge in [0.25, 0.3) is 11.8 Å². The number of unbranched alkanes of at least 4 members (excludes halogenated alkanes) is 2. The molecule has 1 aliphatic rings. The van der Waals surface area contributed by atoms with Crippen molar-refractivity contribution in [2.75, 3.05) is 6.54 Å². The fraction of sp³-hybridized carbons (Fsp3) is 0.471. The van der Waals surface area contributed by atoms with Gasteiger partial charge in [-0.2, -0.15) is 0 Å². The van der Waals surface area contributed by atoms with E-state index in [1.807, 2.05) is 0 Å². The Balaban J connectivity index is 2.22. The van der Waals surface area contributed by atoms with Crippen LogP contribution >= 0.6 is 0 Å². The molecule has 4 amide bonds. The zero-order valence-electron chi connectivity index (χ0n) is 15.4. The Hall–Kier alpha value is -3.21. The van der Waals surface area contributed by atoms with E-state index in [1.54, 1.807) is 0 Å². The van der Waals surface area contributed by atoms with Crippen molar-refractivity contribution in [3.63, 3.8) is 0 Å². The first kappa shape index (κ1) is 22.8. The van der Waals surface area contributed by atoms with Crippen LogP contribution in [0.4, 0.5) is 0 Å². The molecule has 0 spiro atoms. The molecule has 0 saturated heterocycles. The van der Waals surface area contributed by atoms with Gasteiger partial charge in [-0.1, -0.05) is 13.0 Å². The van der Waals surface area contributed by atoms with E-state index in [-0.39, 0.29) is 37.6 Å². The maximum Gasteiger partial charge on any atom is 0.326 e. The first-order valence-corrected chi connectivity index (χ1v) is 8.81. The summed E-state index contributed by atoms with van der Waals surface area (Å²) in [5.41, 5.74) is 7.05. The van der Waals surface area contributed by atoms with Crippen LogP contribution in [0.1, 0.15) is 38.5 Å². The number of aliphatic carboxylic acids is 1. The van der Waals surface area contributed by atoms with Gasteiger partial charge in [-0.3, -0.25) is 29.5 Å². The smallest absolute Gasteiger partial charge is 0.326 e. The minimum absolute atomic E-state index is 0.0607. The van der Waals surface area contributed by atoms with E-state index in [9.17, 15) is 24.0 Å². The second kappa shape index (κ2) is 12.2. The van der Waals surface area contributed by atoms with Crippen LogP contribution in [0.5, 0.6) is 0 Å². The van der Waals surface area contributed by atoms with Crippen LogP contribution in [-0.4, -0.2) is 52.2 Å². The summed E-state index contributed by atoms with van der Waals surface area (Å²) in [4.78, 5) is 58.5. The number of rotatable bonds is 14. The Bertz CT molecular complexity index is 630. The van der Waals surface area contributed by atoms with Gasteiger partial charge in [0.15, 0.2) is 0 Å². The molecule has 11 nitrogen and oxygen atoms in total. The van der Waals surface area contributed by atoms with Gasteiger partial charge in [0.2, 0.25) is 11.8 Å². The average Bonchev–Trinajstić information content (AvgIpc) is 2.96. The number of carbonyl (C=O) groups excluding carboxylic acids is 4. The topological polar surface area (TPSA) is 157 Å². The number of carbonyl (C=O) groups is 5. The summed E-state index contributed by atoms with van der Waals surface area (Å²) >= 11 is 0. The average molecular weight is 395 g/mol. The highest BCUT2D eigenvalue weighted by atomic mass is 16.4. The number of hydrazine groups is 2. The summed E-state index contributed by atoms with van der Waals surface area (Å²) < 4.78 is 0. The summed E-state index contributed by atoms with van der Waals surface area (Å²) in [5, 5.41) is 11.6. The van der Waals surface area contributed by atoms with Crippen molar-refractivity contribution in [1.29, 1.82) is 0 Å². The lowest BCUT2D eigenvalue weighted by Crippen LogP contribution is -2.45. The third-order valence-electron chi connectivity index (χ3n) is 3.86. The number of carboxylic acids is 1. The quantitative estimate of drug-likeness (QED) is 0.144. The number of carboxylic acid groups (broad SMARTS) is 1. The van der Waals surface area contributed by atoms with Crippen LogP contribution in [0.25, 0.3) is 0 Å². The van der Waals surface area contributed by atoms with E-state index in [0.717, 1.165) is 4.90 Å². The molecule has 154 valence electrons. The Kier molecular flexibility index (Phi) is 9.97. The number of imide groups is 1. The van der Waals surface area contributed by atoms with E-state index in [4.69, 9.17) is 5.11 Å². The molecule has 1 unspecified atom stereocenters. The van der Waals surface area contributed by atoms with Crippen LogP contribution in [0, 0.1) is 0 Å². The van der Waals surface area contributed by atoms with Crippen LogP contribution in [0.15, 0.2) is 24.9 Å². The normalized spacial score (nSPS) is 13.9. The van der Waals surface area contributed by atoms with Gasteiger partial charge in [0.05, 0.1) is 0 Å². The second-order valence-corrected chi connectivity index (χ2v) is 5.99. The van der Waals surface area contributed by atoms with Crippen LogP contribution in [0.2, 0.25) is 0 Å². The van der Waals surface area contributed by atoms with E-state index in [1.165, 1.54) is 18.4 Å². The summed E-state index contributed by atoms with van der Waals surface area (Å²) in [7, 11) is 0. The second-order valence-electron chi connectivity index (χ2n) is 5.99. The highest BCUT2D eigenvalue weighted by Gasteiger charge is 2.23. The summed E-state index contributed by atoms with van der Waals surface area (Å²) in [6.07, 6.45) is 5.33. The Morgan fingerprint density at radius 2 is 1.75 bits per heavy atom. The maximum atomic E-state index is 11.9. The van der Waals surface area contributed by atoms with Crippen molar-refractivity contribution < 1.29 is 29.1 Å². The SMILES string of the molecule is C=CNNNC(=O)CCC(NC(=O)CCCCCN1C(=O)C=CC1=O)C(=O)O. The van der Waals surface area contributed by atoms with E-state index in [0.29, 0.717) is 19.3 Å². The molecule has 1 atom stereocenters. The zero-order valence-corrected chi connectivity index (χ0v) is 15.4. The van der Waals surface area contributed by atoms with Crippen molar-refractivity contribution in [3.05, 3.63) is 24.9 Å². The largest absolute Gasteiger partial charge is 0.480 e. The zero-order chi connectivity index (χ0) is 20.9. The molecule has 0 aliphatic carbocycles. The molecule has 5 N–H and O–H groups in total. The molecule has 0 aromatic carbocycles. The number of amides is 4. The van der Waals surface area contributed by atoms with E-state index < -0.39 is 23.8 Å². The Morgan fingerprint density at radius 1 is 1.07 bits per heavy atom. The fourth-order valence-corrected chi connectivity index (χ4v) is 2.40. The van der Waals surface area contributed by atoms with Crippen molar-refractivity contribution in [1.82, 2.24) is 26.6 Å². The van der Waals surface area contributed by atoms with Crippen molar-refractivity contribution in [2.45, 2.75) is 44.6 Å². The van der Waals surface area contributed by atoms with Crippen LogP contribution in [0.3, 0.4) is 0 Å². The van der Waals surface area contributed by atoms with E-state index in [2.05, 4.69) is 28.3 Å². The Labute approximate surface area is 162 Å². The van der Waals surface area contributed by atoms with Crippen molar-refractivity contribution >= 4 is 29.6 Å². The van der Waals surface area contributed by atoms with Gasteiger partial charge in [-0.05, 0) is 19.3 Å². The maximum absolute atomic E-state index is 11.9. The molecule has 0 saturated carbocycles. The molecule has 11 heteroatoms. The predicted molar refractivity (Wildman–Crippen MR) is 97.7 cm³/mol.